The van der Waals surface area contributed by atoms with E-state index in [1.54, 1.807) is 18.3 Å². The highest BCUT2D eigenvalue weighted by atomic mass is 16.2. The van der Waals surface area contributed by atoms with Crippen LogP contribution in [0.2, 0.25) is 0 Å². The Bertz CT molecular complexity index is 1180. The van der Waals surface area contributed by atoms with E-state index in [1.165, 1.54) is 17.1 Å². The zero-order valence-corrected chi connectivity index (χ0v) is 17.1. The van der Waals surface area contributed by atoms with Crippen LogP contribution in [0.15, 0.2) is 79.3 Å². The summed E-state index contributed by atoms with van der Waals surface area (Å²) in [7, 11) is 0. The van der Waals surface area contributed by atoms with E-state index in [9.17, 15) is 9.59 Å². The second kappa shape index (κ2) is 9.71. The molecule has 2 amide bonds. The zero-order chi connectivity index (χ0) is 21.5. The average molecular weight is 412 g/mol. The molecule has 0 aliphatic heterocycles. The Kier molecular flexibility index (Phi) is 6.38. The number of nitrogens with zero attached hydrogens (tertiary/aromatic N) is 1. The predicted octanol–water partition coefficient (Wildman–Crippen LogP) is 4.45. The topological polar surface area (TPSA) is 86.9 Å². The predicted molar refractivity (Wildman–Crippen MR) is 122 cm³/mol. The fourth-order valence-corrected chi connectivity index (χ4v) is 3.53. The van der Waals surface area contributed by atoms with Crippen molar-refractivity contribution in [2.24, 2.45) is 0 Å². The van der Waals surface area contributed by atoms with Crippen molar-refractivity contribution in [1.82, 2.24) is 15.3 Å². The number of benzene rings is 2. The molecule has 6 heteroatoms. The number of fused-ring (bicyclic) bond motifs is 1. The van der Waals surface area contributed by atoms with Gasteiger partial charge in [0.2, 0.25) is 5.91 Å². The molecule has 0 atom stereocenters. The first-order chi connectivity index (χ1) is 15.2. The highest BCUT2D eigenvalue weighted by Crippen LogP contribution is 2.19. The summed E-state index contributed by atoms with van der Waals surface area (Å²) in [6.07, 6.45) is 7.28. The van der Waals surface area contributed by atoms with Crippen molar-refractivity contribution >= 4 is 28.4 Å². The summed E-state index contributed by atoms with van der Waals surface area (Å²) in [6.45, 7) is 0.419. The lowest BCUT2D eigenvalue weighted by Crippen LogP contribution is -2.22. The molecule has 0 spiro atoms. The molecule has 4 rings (SSSR count). The highest BCUT2D eigenvalue weighted by Gasteiger charge is 2.08. The van der Waals surface area contributed by atoms with Crippen LogP contribution in [0, 0.1) is 0 Å². The number of hydrogen-bond donors (Lipinski definition) is 3. The number of amides is 2. The molecule has 2 heterocycles. The monoisotopic (exact) mass is 412 g/mol. The highest BCUT2D eigenvalue weighted by molar-refractivity contribution is 6.04. The van der Waals surface area contributed by atoms with E-state index >= 15 is 0 Å². The van der Waals surface area contributed by atoms with Gasteiger partial charge in [0.25, 0.3) is 5.91 Å². The van der Waals surface area contributed by atoms with E-state index in [2.05, 4.69) is 32.7 Å². The van der Waals surface area contributed by atoms with Gasteiger partial charge >= 0.3 is 0 Å². The minimum absolute atomic E-state index is 0.0182. The van der Waals surface area contributed by atoms with Crippen molar-refractivity contribution in [3.8, 4) is 0 Å². The molecule has 156 valence electrons. The van der Waals surface area contributed by atoms with Crippen LogP contribution in [-0.4, -0.2) is 21.8 Å². The molecule has 0 aliphatic carbocycles. The first kappa shape index (κ1) is 20.3. The van der Waals surface area contributed by atoms with Gasteiger partial charge < -0.3 is 15.6 Å². The third kappa shape index (κ3) is 5.36. The minimum Gasteiger partial charge on any atom is -0.361 e. The fraction of sp³-hybridized carbons (Fsp3) is 0.160. The molecule has 0 fully saturated rings. The smallest absolute Gasteiger partial charge is 0.257 e. The number of pyridine rings is 1. The number of nitrogens with one attached hydrogen (secondary N) is 3. The van der Waals surface area contributed by atoms with Crippen molar-refractivity contribution in [1.29, 1.82) is 0 Å². The van der Waals surface area contributed by atoms with Gasteiger partial charge in [-0.05, 0) is 54.3 Å². The SMILES string of the molecule is O=C(CCCc1c[nH]c2ccccc12)NCc1cccc(NC(=O)c2cccnc2)c1. The molecule has 31 heavy (non-hydrogen) atoms. The number of aromatic amines is 1. The summed E-state index contributed by atoms with van der Waals surface area (Å²) in [5.41, 5.74) is 4.46. The Morgan fingerprint density at radius 2 is 1.90 bits per heavy atom. The van der Waals surface area contributed by atoms with Gasteiger partial charge in [0.1, 0.15) is 0 Å². The van der Waals surface area contributed by atoms with Crippen LogP contribution >= 0.6 is 0 Å². The number of aromatic nitrogens is 2. The maximum atomic E-state index is 12.3. The van der Waals surface area contributed by atoms with Crippen molar-refractivity contribution in [2.75, 3.05) is 5.32 Å². The molecule has 2 aromatic carbocycles. The summed E-state index contributed by atoms with van der Waals surface area (Å²) < 4.78 is 0. The molecule has 0 unspecified atom stereocenters. The van der Waals surface area contributed by atoms with Gasteiger partial charge in [0, 0.05) is 48.1 Å². The Morgan fingerprint density at radius 3 is 2.77 bits per heavy atom. The summed E-state index contributed by atoms with van der Waals surface area (Å²) >= 11 is 0. The molecule has 0 bridgehead atoms. The third-order valence-corrected chi connectivity index (χ3v) is 5.12. The van der Waals surface area contributed by atoms with Gasteiger partial charge in [-0.1, -0.05) is 30.3 Å². The lowest BCUT2D eigenvalue weighted by molar-refractivity contribution is -0.121. The number of anilines is 1. The molecular formula is C25H24N4O2. The second-order valence-corrected chi connectivity index (χ2v) is 7.39. The zero-order valence-electron chi connectivity index (χ0n) is 17.1. The molecule has 3 N–H and O–H groups in total. The van der Waals surface area contributed by atoms with E-state index < -0.39 is 0 Å². The van der Waals surface area contributed by atoms with Crippen LogP contribution in [0.25, 0.3) is 10.9 Å². The molecule has 0 aliphatic rings. The largest absolute Gasteiger partial charge is 0.361 e. The lowest BCUT2D eigenvalue weighted by atomic mass is 10.1. The molecular weight excluding hydrogens is 388 g/mol. The molecule has 4 aromatic rings. The van der Waals surface area contributed by atoms with Crippen molar-refractivity contribution in [3.05, 3.63) is 95.9 Å². The maximum Gasteiger partial charge on any atom is 0.257 e. The number of hydrogen-bond acceptors (Lipinski definition) is 3. The lowest BCUT2D eigenvalue weighted by Gasteiger charge is -2.09. The van der Waals surface area contributed by atoms with E-state index in [-0.39, 0.29) is 11.8 Å². The molecule has 2 aromatic heterocycles. The van der Waals surface area contributed by atoms with Gasteiger partial charge in [-0.3, -0.25) is 14.6 Å². The van der Waals surface area contributed by atoms with Gasteiger partial charge in [0.15, 0.2) is 0 Å². The first-order valence-corrected chi connectivity index (χ1v) is 10.3. The number of carbonyl (C=O) groups excluding carboxylic acids is 2. The van der Waals surface area contributed by atoms with Crippen molar-refractivity contribution in [2.45, 2.75) is 25.8 Å². The molecule has 6 nitrogen and oxygen atoms in total. The van der Waals surface area contributed by atoms with E-state index in [0.717, 1.165) is 23.9 Å². The normalized spacial score (nSPS) is 10.7. The van der Waals surface area contributed by atoms with Gasteiger partial charge in [-0.2, -0.15) is 0 Å². The van der Waals surface area contributed by atoms with Gasteiger partial charge in [0.05, 0.1) is 5.56 Å². The van der Waals surface area contributed by atoms with Crippen LogP contribution in [0.5, 0.6) is 0 Å². The Labute approximate surface area is 180 Å². The summed E-state index contributed by atoms with van der Waals surface area (Å²) in [4.78, 5) is 31.8. The number of rotatable bonds is 8. The Hall–Kier alpha value is -3.93. The summed E-state index contributed by atoms with van der Waals surface area (Å²) in [6, 6.07) is 19.1. The Balaban J connectivity index is 1.24. The summed E-state index contributed by atoms with van der Waals surface area (Å²) in [5, 5.41) is 7.03. The number of carbonyl (C=O) groups is 2. The molecule has 0 saturated carbocycles. The molecule has 0 radical (unpaired) electrons. The number of aryl methyl sites for hydroxylation is 1. The maximum absolute atomic E-state index is 12.3. The third-order valence-electron chi connectivity index (χ3n) is 5.12. The quantitative estimate of drug-likeness (QED) is 0.399. The Morgan fingerprint density at radius 1 is 1.00 bits per heavy atom. The van der Waals surface area contributed by atoms with E-state index in [0.29, 0.717) is 24.2 Å². The molecule has 0 saturated heterocycles. The minimum atomic E-state index is -0.216. The fourth-order valence-electron chi connectivity index (χ4n) is 3.53. The number of H-pyrrole nitrogens is 1. The second-order valence-electron chi connectivity index (χ2n) is 7.39. The van der Waals surface area contributed by atoms with Crippen LogP contribution in [0.1, 0.15) is 34.3 Å². The van der Waals surface area contributed by atoms with E-state index in [1.807, 2.05) is 42.6 Å². The first-order valence-electron chi connectivity index (χ1n) is 10.3. The average Bonchev–Trinajstić information content (AvgIpc) is 3.22. The van der Waals surface area contributed by atoms with Crippen LogP contribution in [0.4, 0.5) is 5.69 Å². The van der Waals surface area contributed by atoms with Gasteiger partial charge in [-0.25, -0.2) is 0 Å². The van der Waals surface area contributed by atoms with Crippen molar-refractivity contribution in [3.63, 3.8) is 0 Å². The van der Waals surface area contributed by atoms with E-state index in [4.69, 9.17) is 0 Å². The standard InChI is InChI=1S/C25H24N4O2/c30-24(12-4-7-19-17-27-23-11-2-1-10-22(19)23)28-15-18-6-3-9-21(14-18)29-25(31)20-8-5-13-26-16-20/h1-3,5-6,8-11,13-14,16-17,27H,4,7,12,15H2,(H,28,30)(H,29,31). The van der Waals surface area contributed by atoms with Crippen LogP contribution < -0.4 is 10.6 Å². The summed E-state index contributed by atoms with van der Waals surface area (Å²) in [5.74, 6) is -0.198. The number of para-hydroxylation sites is 1. The van der Waals surface area contributed by atoms with Crippen molar-refractivity contribution < 1.29 is 9.59 Å². The van der Waals surface area contributed by atoms with Crippen LogP contribution in [-0.2, 0) is 17.8 Å². The van der Waals surface area contributed by atoms with Crippen LogP contribution in [0.3, 0.4) is 0 Å². The van der Waals surface area contributed by atoms with Gasteiger partial charge in [-0.15, -0.1) is 0 Å².